The van der Waals surface area contributed by atoms with E-state index in [2.05, 4.69) is 58.9 Å². The number of benzene rings is 5. The number of allylic oxidation sites excluding steroid dienone is 7. The van der Waals surface area contributed by atoms with Crippen LogP contribution in [0.4, 0.5) is 11.4 Å². The first-order valence-corrected chi connectivity index (χ1v) is 55.7. The Balaban J connectivity index is 0.00000605. The van der Waals surface area contributed by atoms with Crippen molar-refractivity contribution in [1.82, 2.24) is 52.3 Å². The molecule has 44 heteroatoms. The second kappa shape index (κ2) is 55.5. The van der Waals surface area contributed by atoms with Crippen LogP contribution in [0.15, 0.2) is 183 Å². The normalized spacial score (nSPS) is 21.1. The third-order valence-electron chi connectivity index (χ3n) is 27.1. The molecule has 0 saturated carbocycles. The Hall–Kier alpha value is -13.0. The third-order valence-corrected chi connectivity index (χ3v) is 29.7. The number of nitrogens with two attached hydrogens (primary N) is 1. The number of unbranched alkanes of at least 4 members (excludes halogenated alkanes) is 6. The Labute approximate surface area is 872 Å². The van der Waals surface area contributed by atoms with Crippen LogP contribution in [0.2, 0.25) is 0 Å². The van der Waals surface area contributed by atoms with Gasteiger partial charge in [0.2, 0.25) is 58.9 Å². The van der Waals surface area contributed by atoms with Gasteiger partial charge in [-0.2, -0.15) is 21.4 Å². The van der Waals surface area contributed by atoms with Crippen molar-refractivity contribution >= 4 is 135 Å². The van der Waals surface area contributed by atoms with Crippen molar-refractivity contribution in [3.63, 3.8) is 0 Å². The fourth-order valence-electron chi connectivity index (χ4n) is 19.2. The molecule has 40 nitrogen and oxygen atoms in total. The molecule has 4 aliphatic heterocycles. The van der Waals surface area contributed by atoms with Crippen LogP contribution in [0.1, 0.15) is 238 Å². The number of ether oxygens (including phenoxy) is 1. The number of amides is 9. The number of guanidine groups is 1. The van der Waals surface area contributed by atoms with E-state index in [9.17, 15) is 87.2 Å². The van der Waals surface area contributed by atoms with Gasteiger partial charge in [-0.1, -0.05) is 114 Å². The summed E-state index contributed by atoms with van der Waals surface area (Å²) in [5.74, 6) is -9.78. The van der Waals surface area contributed by atoms with Gasteiger partial charge in [0, 0.05) is 125 Å². The van der Waals surface area contributed by atoms with Crippen LogP contribution in [0.3, 0.4) is 0 Å². The lowest BCUT2D eigenvalue weighted by molar-refractivity contribution is -0.438. The molecule has 149 heavy (non-hydrogen) atoms. The molecule has 0 spiro atoms. The molecule has 0 radical (unpaired) electrons. The molecule has 0 unspecified atom stereocenters. The van der Waals surface area contributed by atoms with Gasteiger partial charge in [-0.15, -0.1) is 12.6 Å². The van der Waals surface area contributed by atoms with Gasteiger partial charge in [0.25, 0.3) is 20.2 Å². The van der Waals surface area contributed by atoms with E-state index in [1.54, 1.807) is 86.6 Å². The van der Waals surface area contributed by atoms with Gasteiger partial charge < -0.3 is 77.4 Å². The number of nitrogens with zero attached hydrogens (tertiary/aromatic N) is 4. The van der Waals surface area contributed by atoms with E-state index >= 15 is 14.4 Å². The number of Topliss-reactive ketones (excluding diaryl/α,β-unsaturated/α-hetero) is 2. The molecular weight excluding hydrogens is 2000 g/mol. The van der Waals surface area contributed by atoms with Crippen molar-refractivity contribution in [2.75, 3.05) is 51.2 Å². The molecule has 14 N–H and O–H groups in total. The zero-order chi connectivity index (χ0) is 109. The van der Waals surface area contributed by atoms with E-state index in [1.165, 1.54) is 72.3 Å². The number of likely N-dealkylation sites (N-methyl/N-ethyl adjacent to an activating group) is 1. The molecule has 2 fully saturated rings. The number of hydrogen-bond donors (Lipinski definition) is 13. The molecule has 0 aromatic heterocycles. The van der Waals surface area contributed by atoms with Crippen molar-refractivity contribution in [1.29, 1.82) is 5.41 Å². The maximum Gasteiger partial charge on any atom is 0.425 e. The molecule has 1 aliphatic carbocycles. The van der Waals surface area contributed by atoms with Gasteiger partial charge in [0.15, 0.2) is 23.2 Å². The standard InChI is InChI=1S/C105H140N14O23S3.O3S/c1-10-11-57-117-84-48-46-76(144(136,137)138)64-78(84)104(5,6)90(117)51-40-71-33-26-34-72(96(71)142-74-42-44-75(45-43-74)143(133,134)135)41-52-91-105(7,8)79-65-77(145(139,140)141)47-49-85(79)118(91)58-25-15-21-39-93(123)108-54-23-14-20-38-92(122)109-55-24-22-36-86-100(130)115-82(62-70-31-18-13-19-32-70)98(128)113-80(35-27-56-110-103(106)107)88(120)50-53-94(124)112-83(66-95(125)126)99(129)114-81(60-67(2)3)97(127)111-68(4)89(121)63-73(61-69-29-16-12-17-30-69)101(131)119-59-28-37-87(119)102(132)116(86)9;1-4(2)3/h12-13,16-19,29-32,40-49,51-52,64-65,67-68,73,80-83,86-87H,10-11,14-15,20-28,33-39,50,53-63,66H2,1-9H3,(H14-,106,107,108,109,110,111,112,113,114,115,122,123,124,125,126,127,128,129,130,133,134,135,136,137,138,139,140,141);/t68-,73+,80-,81-,82-,83-,86-,87+;/m0./s1. The fourth-order valence-corrected chi connectivity index (χ4v) is 20.7. The zero-order valence-electron chi connectivity index (χ0n) is 85.6. The van der Waals surface area contributed by atoms with Crippen LogP contribution < -0.4 is 57.9 Å². The number of ketones is 2. The lowest BCUT2D eigenvalue weighted by Gasteiger charge is -2.35. The number of carbonyl (C=O) groups is 12. The molecule has 5 aromatic carbocycles. The van der Waals surface area contributed by atoms with E-state index in [-0.39, 0.29) is 128 Å². The van der Waals surface area contributed by atoms with Gasteiger partial charge in [-0.05, 0) is 230 Å². The number of hydrogen-bond acceptors (Lipinski definition) is 25. The Kier molecular flexibility index (Phi) is 44.5. The smallest absolute Gasteiger partial charge is 0.425 e. The van der Waals surface area contributed by atoms with E-state index < -0.39 is 185 Å². The highest BCUT2D eigenvalue weighted by molar-refractivity contribution is 7.86. The summed E-state index contributed by atoms with van der Waals surface area (Å²) in [5.41, 5.74) is 11.2. The summed E-state index contributed by atoms with van der Waals surface area (Å²) in [6.07, 6.45) is 13.4. The van der Waals surface area contributed by atoms with Gasteiger partial charge in [-0.25, -0.2) is 8.42 Å². The maximum atomic E-state index is 15.4. The minimum atomic E-state index is -4.88. The molecule has 2 saturated heterocycles. The largest absolute Gasteiger partial charge is 0.744 e. The zero-order valence-corrected chi connectivity index (χ0v) is 88.9. The molecule has 8 atom stereocenters. The Morgan fingerprint density at radius 1 is 0.611 bits per heavy atom. The Morgan fingerprint density at radius 2 is 1.19 bits per heavy atom. The minimum Gasteiger partial charge on any atom is -0.744 e. The van der Waals surface area contributed by atoms with Crippen LogP contribution in [-0.4, -0.2) is 242 Å². The summed E-state index contributed by atoms with van der Waals surface area (Å²) in [6, 6.07) is 22.1. The first-order valence-electron chi connectivity index (χ1n) is 50.4. The van der Waals surface area contributed by atoms with Gasteiger partial charge in [0.05, 0.1) is 38.6 Å². The average Bonchev–Trinajstić information content (AvgIpc) is 1.59. The highest BCUT2D eigenvalue weighted by Crippen LogP contribution is 2.50. The number of aliphatic carboxylic acids is 1. The fraction of sp³-hybridized carbons (Fsp3) is 0.505. The second-order valence-corrected chi connectivity index (χ2v) is 44.2. The first kappa shape index (κ1) is 120. The number of rotatable bonds is 40. The van der Waals surface area contributed by atoms with Crippen LogP contribution in [0.5, 0.6) is 5.75 Å². The molecule has 810 valence electrons. The summed E-state index contributed by atoms with van der Waals surface area (Å²) >= 11 is 0. The van der Waals surface area contributed by atoms with Crippen LogP contribution in [-0.2, 0) is 122 Å². The first-order chi connectivity index (χ1) is 70.4. The average molecular weight is 2140 g/mol. The maximum absolute atomic E-state index is 15.4. The Bertz CT molecular complexity index is 6350. The van der Waals surface area contributed by atoms with Crippen LogP contribution in [0, 0.1) is 17.2 Å². The highest BCUT2D eigenvalue weighted by Gasteiger charge is 2.47. The Morgan fingerprint density at radius 3 is 1.80 bits per heavy atom. The van der Waals surface area contributed by atoms with E-state index in [1.807, 2.05) is 52.0 Å². The van der Waals surface area contributed by atoms with E-state index in [0.29, 0.717) is 124 Å². The summed E-state index contributed by atoms with van der Waals surface area (Å²) in [6.45, 7) is 16.5. The molecule has 0 bridgehead atoms. The van der Waals surface area contributed by atoms with Crippen molar-refractivity contribution in [3.05, 3.63) is 190 Å². The van der Waals surface area contributed by atoms with Crippen molar-refractivity contribution in [2.24, 2.45) is 17.6 Å². The predicted octanol–water partition coefficient (Wildman–Crippen LogP) is 8.93. The topological polar surface area (TPSA) is 610 Å². The number of nitrogens with one attached hydrogen (secondary N) is 9. The van der Waals surface area contributed by atoms with Gasteiger partial charge >= 0.3 is 16.6 Å². The molecular formula is C105H140N14O26S4. The summed E-state index contributed by atoms with van der Waals surface area (Å²) in [7, 11) is -15.7. The summed E-state index contributed by atoms with van der Waals surface area (Å²) < 4.78 is 141. The van der Waals surface area contributed by atoms with Crippen molar-refractivity contribution in [2.45, 2.75) is 297 Å². The number of carbonyl (C=O) groups excluding carboxylic acids is 11. The quantitative estimate of drug-likeness (QED) is 0.00572. The van der Waals surface area contributed by atoms with Crippen molar-refractivity contribution in [3.8, 4) is 5.75 Å². The molecule has 5 aromatic rings. The predicted molar refractivity (Wildman–Crippen MR) is 553 cm³/mol. The van der Waals surface area contributed by atoms with Gasteiger partial charge in [-0.3, -0.25) is 72.0 Å². The number of carboxylic acids is 1. The highest BCUT2D eigenvalue weighted by atomic mass is 32.2. The molecule has 4 heterocycles. The number of fused-ring (bicyclic) bond motifs is 3. The number of anilines is 1. The number of carboxylic acid groups (broad SMARTS) is 1. The summed E-state index contributed by atoms with van der Waals surface area (Å²) in [5, 5.41) is 39.5. The lowest BCUT2D eigenvalue weighted by Crippen LogP contribution is -2.58. The summed E-state index contributed by atoms with van der Waals surface area (Å²) in [4.78, 5) is 175. The molecule has 9 amide bonds. The monoisotopic (exact) mass is 2140 g/mol. The van der Waals surface area contributed by atoms with E-state index in [4.69, 9.17) is 28.5 Å². The van der Waals surface area contributed by atoms with Crippen LogP contribution in [0.25, 0.3) is 0 Å². The second-order valence-electron chi connectivity index (χ2n) is 39.5. The minimum absolute atomic E-state index is 0.00431. The van der Waals surface area contributed by atoms with E-state index in [0.717, 1.165) is 41.1 Å². The molecule has 5 aliphatic rings. The SMILES string of the molecule is CCCCN1/C(=C/C=C2\CCCC(/C=C/C3=[N+](CCCCCC(=O)NCCCCCC(=O)NCCCC[C@H]4C(=O)N[C@@H](Cc5ccccc5)C(=O)N[C@@H](CCCNC(=N)N)C(=O)CCC(=O)N[C@@H](CC(=O)O)C(=O)N[C@@H](CC(C)C)C(=O)N[C@@H](C)C(=O)C[C@@H](Cc5ccccc5)C(=O)N5CCC[C@@H]5C(=O)N4C)c4ccc(S(=O)(=O)[O-])cc4C3(C)C)=C2Oc2ccc(S(=O)(=O)O)cc2)C(C)(C)c2cc(S(=O)(=O)O)ccc21.O=S(=O)=O. The third kappa shape index (κ3) is 35.3. The van der Waals surface area contributed by atoms with Crippen LogP contribution >= 0.6 is 0 Å². The molecule has 10 rings (SSSR count). The van der Waals surface area contributed by atoms with Gasteiger partial charge in [0.1, 0.15) is 58.4 Å². The van der Waals surface area contributed by atoms with Crippen molar-refractivity contribution < 1.29 is 123 Å². The lowest BCUT2D eigenvalue weighted by atomic mass is 9.81.